The number of rotatable bonds is 3. The molecule has 0 aliphatic heterocycles. The molecule has 0 heterocycles. The average molecular weight is 187 g/mol. The van der Waals surface area contributed by atoms with E-state index in [2.05, 4.69) is 15.5 Å². The van der Waals surface area contributed by atoms with Crippen LogP contribution in [0.1, 0.15) is 0 Å². The largest absolute Gasteiger partial charge is 0.279 e. The highest BCUT2D eigenvalue weighted by atomic mass is 35.5. The summed E-state index contributed by atoms with van der Waals surface area (Å²) < 4.78 is 0. The second-order valence-corrected chi connectivity index (χ2v) is 2.47. The lowest BCUT2D eigenvalue weighted by Crippen LogP contribution is -1.95. The molecule has 0 spiro atoms. The molecule has 0 aliphatic carbocycles. The number of nitroso groups, excluding NO2 is 1. The summed E-state index contributed by atoms with van der Waals surface area (Å²) in [4.78, 5) is 14.7. The molecule has 0 bridgehead atoms. The Kier molecular flexibility index (Phi) is 3.01. The van der Waals surface area contributed by atoms with E-state index in [4.69, 9.17) is 11.6 Å². The molecule has 0 amide bonds. The van der Waals surface area contributed by atoms with E-state index in [0.717, 1.165) is 0 Å². The van der Waals surface area contributed by atoms with Gasteiger partial charge in [-0.1, -0.05) is 11.6 Å². The van der Waals surface area contributed by atoms with Crippen molar-refractivity contribution in [3.05, 3.63) is 28.1 Å². The van der Waals surface area contributed by atoms with Crippen molar-refractivity contribution in [2.24, 2.45) is 5.18 Å². The van der Waals surface area contributed by atoms with E-state index in [-0.39, 0.29) is 0 Å². The molecule has 12 heavy (non-hydrogen) atoms. The Morgan fingerprint density at radius 3 is 2.83 bits per heavy atom. The summed E-state index contributed by atoms with van der Waals surface area (Å²) in [6.07, 6.45) is 0. The van der Waals surface area contributed by atoms with Crippen LogP contribution in [0, 0.1) is 4.91 Å². The lowest BCUT2D eigenvalue weighted by molar-refractivity contribution is 0.271. The first kappa shape index (κ1) is 8.96. The number of anilines is 1. The maximum atomic E-state index is 10.1. The number of hydrogen-bond donors (Lipinski definition) is 1. The zero-order chi connectivity index (χ0) is 8.97. The number of halogens is 1. The van der Waals surface area contributed by atoms with Gasteiger partial charge in [0.25, 0.3) is 0 Å². The molecule has 1 aromatic carbocycles. The van der Waals surface area contributed by atoms with Gasteiger partial charge in [-0.3, -0.25) is 10.3 Å². The van der Waals surface area contributed by atoms with E-state index in [1.807, 2.05) is 0 Å². The summed E-state index contributed by atoms with van der Waals surface area (Å²) in [6, 6.07) is 4.61. The van der Waals surface area contributed by atoms with Crippen LogP contribution in [0.25, 0.3) is 0 Å². The minimum absolute atomic E-state index is 0.293. The third-order valence-corrected chi connectivity index (χ3v) is 1.58. The van der Waals surface area contributed by atoms with Gasteiger partial charge in [0.15, 0.2) is 0 Å². The van der Waals surface area contributed by atoms with Crippen LogP contribution < -0.4 is 5.48 Å². The van der Waals surface area contributed by atoms with Crippen molar-refractivity contribution in [2.75, 3.05) is 12.6 Å². The van der Waals surface area contributed by atoms with E-state index >= 15 is 0 Å². The van der Waals surface area contributed by atoms with Gasteiger partial charge in [0.2, 0.25) is 0 Å². The standard InChI is InChI=1S/C7H7ClN2O2/c1-12-10-7-3-2-5(9-11)4-6(7)8/h2-4,10H,1H3. The van der Waals surface area contributed by atoms with Gasteiger partial charge < -0.3 is 0 Å². The predicted molar refractivity (Wildman–Crippen MR) is 47.5 cm³/mol. The van der Waals surface area contributed by atoms with Gasteiger partial charge in [0, 0.05) is 0 Å². The Balaban J connectivity index is 2.94. The molecule has 1 rings (SSSR count). The highest BCUT2D eigenvalue weighted by Crippen LogP contribution is 2.26. The molecule has 0 radical (unpaired) electrons. The minimum Gasteiger partial charge on any atom is -0.279 e. The highest BCUT2D eigenvalue weighted by Gasteiger charge is 2.00. The lowest BCUT2D eigenvalue weighted by Gasteiger charge is -2.04. The number of hydrogen-bond acceptors (Lipinski definition) is 4. The Morgan fingerprint density at radius 1 is 1.58 bits per heavy atom. The zero-order valence-electron chi connectivity index (χ0n) is 6.37. The monoisotopic (exact) mass is 186 g/mol. The van der Waals surface area contributed by atoms with Gasteiger partial charge in [0.1, 0.15) is 5.69 Å². The van der Waals surface area contributed by atoms with Crippen LogP contribution in [0.4, 0.5) is 11.4 Å². The molecule has 1 N–H and O–H groups in total. The van der Waals surface area contributed by atoms with Gasteiger partial charge >= 0.3 is 0 Å². The van der Waals surface area contributed by atoms with Gasteiger partial charge in [-0.2, -0.15) is 0 Å². The lowest BCUT2D eigenvalue weighted by atomic mass is 10.3. The number of nitrogens with one attached hydrogen (secondary N) is 1. The van der Waals surface area contributed by atoms with E-state index < -0.39 is 0 Å². The predicted octanol–water partition coefficient (Wildman–Crippen LogP) is 2.71. The van der Waals surface area contributed by atoms with Crippen molar-refractivity contribution in [3.63, 3.8) is 0 Å². The third kappa shape index (κ3) is 1.93. The average Bonchev–Trinajstić information content (AvgIpc) is 2.09. The van der Waals surface area contributed by atoms with Crippen LogP contribution in [0.2, 0.25) is 5.02 Å². The van der Waals surface area contributed by atoms with Gasteiger partial charge in [-0.15, -0.1) is 4.91 Å². The molecular weight excluding hydrogens is 180 g/mol. The van der Waals surface area contributed by atoms with E-state index in [1.165, 1.54) is 13.2 Å². The Hall–Kier alpha value is -1.13. The molecule has 0 unspecified atom stereocenters. The van der Waals surface area contributed by atoms with Crippen molar-refractivity contribution >= 4 is 23.0 Å². The van der Waals surface area contributed by atoms with Crippen LogP contribution in [0.5, 0.6) is 0 Å². The molecule has 5 heteroatoms. The Bertz CT molecular complexity index is 291. The van der Waals surface area contributed by atoms with Crippen LogP contribution in [0.15, 0.2) is 23.4 Å². The maximum Gasteiger partial charge on any atom is 0.109 e. The van der Waals surface area contributed by atoms with Crippen LogP contribution in [0.3, 0.4) is 0 Å². The minimum atomic E-state index is 0.293. The molecular formula is C7H7ClN2O2. The fourth-order valence-electron chi connectivity index (χ4n) is 0.754. The van der Waals surface area contributed by atoms with Gasteiger partial charge in [-0.25, -0.2) is 0 Å². The van der Waals surface area contributed by atoms with Gasteiger partial charge in [0.05, 0.1) is 17.8 Å². The number of nitrogens with zero attached hydrogens (tertiary/aromatic N) is 1. The van der Waals surface area contributed by atoms with Crippen LogP contribution in [-0.2, 0) is 4.84 Å². The summed E-state index contributed by atoms with van der Waals surface area (Å²) >= 11 is 5.75. The Morgan fingerprint density at radius 2 is 2.33 bits per heavy atom. The molecule has 0 fully saturated rings. The third-order valence-electron chi connectivity index (χ3n) is 1.27. The fourth-order valence-corrected chi connectivity index (χ4v) is 0.967. The van der Waals surface area contributed by atoms with E-state index in [9.17, 15) is 4.91 Å². The quantitative estimate of drug-likeness (QED) is 0.583. The first-order chi connectivity index (χ1) is 5.77. The fraction of sp³-hybridized carbons (Fsp3) is 0.143. The Labute approximate surface area is 74.4 Å². The highest BCUT2D eigenvalue weighted by molar-refractivity contribution is 6.33. The van der Waals surface area contributed by atoms with Gasteiger partial charge in [-0.05, 0) is 23.4 Å². The molecule has 0 saturated carbocycles. The second kappa shape index (κ2) is 4.04. The summed E-state index contributed by atoms with van der Waals surface area (Å²) in [7, 11) is 1.47. The van der Waals surface area contributed by atoms with Crippen molar-refractivity contribution in [2.45, 2.75) is 0 Å². The molecule has 0 aromatic heterocycles. The first-order valence-electron chi connectivity index (χ1n) is 3.20. The summed E-state index contributed by atoms with van der Waals surface area (Å²) in [6.45, 7) is 0. The van der Waals surface area contributed by atoms with Crippen molar-refractivity contribution in [1.29, 1.82) is 0 Å². The van der Waals surface area contributed by atoms with Crippen LogP contribution in [-0.4, -0.2) is 7.11 Å². The molecule has 0 saturated heterocycles. The summed E-state index contributed by atoms with van der Waals surface area (Å²) in [5.41, 5.74) is 3.45. The van der Waals surface area contributed by atoms with E-state index in [1.54, 1.807) is 12.1 Å². The zero-order valence-corrected chi connectivity index (χ0v) is 7.13. The first-order valence-corrected chi connectivity index (χ1v) is 3.57. The molecule has 0 atom stereocenters. The van der Waals surface area contributed by atoms with E-state index in [0.29, 0.717) is 16.4 Å². The van der Waals surface area contributed by atoms with Crippen molar-refractivity contribution < 1.29 is 4.84 Å². The maximum absolute atomic E-state index is 10.1. The summed E-state index contributed by atoms with van der Waals surface area (Å²) in [5, 5.41) is 3.13. The molecule has 0 aliphatic rings. The second-order valence-electron chi connectivity index (χ2n) is 2.06. The van der Waals surface area contributed by atoms with Crippen LogP contribution >= 0.6 is 11.6 Å². The summed E-state index contributed by atoms with van der Waals surface area (Å²) in [5.74, 6) is 0. The van der Waals surface area contributed by atoms with Crippen molar-refractivity contribution in [3.8, 4) is 0 Å². The molecule has 4 nitrogen and oxygen atoms in total. The molecule has 64 valence electrons. The molecule has 1 aromatic rings. The smallest absolute Gasteiger partial charge is 0.109 e. The SMILES string of the molecule is CONc1ccc(N=O)cc1Cl. The van der Waals surface area contributed by atoms with Crippen molar-refractivity contribution in [1.82, 2.24) is 0 Å². The normalized spacial score (nSPS) is 9.50. The topological polar surface area (TPSA) is 50.7 Å². The number of benzene rings is 1.